The molecule has 0 bridgehead atoms. The minimum atomic E-state index is -0.677. The number of aliphatic imine (C=N–C) groups is 1. The van der Waals surface area contributed by atoms with E-state index in [1.807, 2.05) is 0 Å². The van der Waals surface area contributed by atoms with Crippen molar-refractivity contribution in [3.05, 3.63) is 0 Å². The highest BCUT2D eigenvalue weighted by atomic mass is 16.3. The monoisotopic (exact) mass is 159 g/mol. The van der Waals surface area contributed by atoms with Crippen LogP contribution < -0.4 is 11.1 Å². The van der Waals surface area contributed by atoms with E-state index >= 15 is 0 Å². The molecule has 1 atom stereocenters. The van der Waals surface area contributed by atoms with Gasteiger partial charge in [-0.3, -0.25) is 9.79 Å². The predicted molar refractivity (Wildman–Crippen MR) is 42.5 cm³/mol. The van der Waals surface area contributed by atoms with Crippen molar-refractivity contribution in [3.63, 3.8) is 0 Å². The SMILES string of the molecule is C/N=C\C(=O)NCC(O)CN. The van der Waals surface area contributed by atoms with E-state index in [4.69, 9.17) is 10.8 Å². The second kappa shape index (κ2) is 5.82. The Labute approximate surface area is 65.3 Å². The molecule has 0 aliphatic heterocycles. The molecule has 0 radical (unpaired) electrons. The summed E-state index contributed by atoms with van der Waals surface area (Å²) < 4.78 is 0. The number of carbonyl (C=O) groups excluding carboxylic acids is 1. The van der Waals surface area contributed by atoms with Crippen LogP contribution >= 0.6 is 0 Å². The average molecular weight is 159 g/mol. The van der Waals surface area contributed by atoms with Gasteiger partial charge < -0.3 is 16.2 Å². The number of amides is 1. The van der Waals surface area contributed by atoms with Gasteiger partial charge in [-0.15, -0.1) is 0 Å². The molecule has 0 aromatic heterocycles. The average Bonchev–Trinajstić information content (AvgIpc) is 2.01. The van der Waals surface area contributed by atoms with E-state index in [1.54, 1.807) is 0 Å². The summed E-state index contributed by atoms with van der Waals surface area (Å²) in [7, 11) is 1.50. The van der Waals surface area contributed by atoms with Gasteiger partial charge >= 0.3 is 0 Å². The summed E-state index contributed by atoms with van der Waals surface area (Å²) in [5, 5.41) is 11.3. The van der Waals surface area contributed by atoms with Crippen molar-refractivity contribution >= 4 is 12.1 Å². The summed E-state index contributed by atoms with van der Waals surface area (Å²) in [5.74, 6) is -0.319. The lowest BCUT2D eigenvalue weighted by Crippen LogP contribution is -2.36. The lowest BCUT2D eigenvalue weighted by Gasteiger charge is -2.06. The van der Waals surface area contributed by atoms with E-state index in [2.05, 4.69) is 10.3 Å². The highest BCUT2D eigenvalue weighted by molar-refractivity contribution is 6.26. The van der Waals surface area contributed by atoms with Crippen LogP contribution in [-0.4, -0.2) is 43.5 Å². The number of rotatable bonds is 4. The second-order valence-corrected chi connectivity index (χ2v) is 2.02. The number of hydrogen-bond donors (Lipinski definition) is 3. The predicted octanol–water partition coefficient (Wildman–Crippen LogP) is -1.88. The summed E-state index contributed by atoms with van der Waals surface area (Å²) >= 11 is 0. The van der Waals surface area contributed by atoms with Crippen molar-refractivity contribution in [1.29, 1.82) is 0 Å². The molecule has 0 fully saturated rings. The fourth-order valence-electron chi connectivity index (χ4n) is 0.465. The molecular formula is C6H13N3O2. The van der Waals surface area contributed by atoms with Gasteiger partial charge in [0, 0.05) is 20.1 Å². The number of aliphatic hydroxyl groups excluding tert-OH is 1. The van der Waals surface area contributed by atoms with Crippen LogP contribution in [0, 0.1) is 0 Å². The summed E-state index contributed by atoms with van der Waals surface area (Å²) in [4.78, 5) is 14.1. The third-order valence-electron chi connectivity index (χ3n) is 1.03. The molecule has 4 N–H and O–H groups in total. The maximum atomic E-state index is 10.7. The van der Waals surface area contributed by atoms with Gasteiger partial charge in [0.05, 0.1) is 12.3 Å². The van der Waals surface area contributed by atoms with Gasteiger partial charge in [0.25, 0.3) is 5.91 Å². The Morgan fingerprint density at radius 1 is 1.91 bits per heavy atom. The van der Waals surface area contributed by atoms with E-state index in [-0.39, 0.29) is 19.0 Å². The maximum Gasteiger partial charge on any atom is 0.262 e. The third kappa shape index (κ3) is 5.50. The number of carbonyl (C=O) groups is 1. The Balaban J connectivity index is 3.45. The summed E-state index contributed by atoms with van der Waals surface area (Å²) in [6.07, 6.45) is 0.465. The first kappa shape index (κ1) is 10.1. The van der Waals surface area contributed by atoms with Gasteiger partial charge in [-0.1, -0.05) is 0 Å². The van der Waals surface area contributed by atoms with Crippen LogP contribution in [-0.2, 0) is 4.79 Å². The fourth-order valence-corrected chi connectivity index (χ4v) is 0.465. The maximum absolute atomic E-state index is 10.7. The normalized spacial score (nSPS) is 13.4. The third-order valence-corrected chi connectivity index (χ3v) is 1.03. The topological polar surface area (TPSA) is 87.7 Å². The van der Waals surface area contributed by atoms with Gasteiger partial charge in [0.1, 0.15) is 0 Å². The smallest absolute Gasteiger partial charge is 0.262 e. The van der Waals surface area contributed by atoms with Gasteiger partial charge in [-0.2, -0.15) is 0 Å². The molecule has 0 spiro atoms. The zero-order chi connectivity index (χ0) is 8.69. The summed E-state index contributed by atoms with van der Waals surface area (Å²) in [6.45, 7) is 0.310. The summed E-state index contributed by atoms with van der Waals surface area (Å²) in [6, 6.07) is 0. The molecule has 0 aliphatic rings. The zero-order valence-corrected chi connectivity index (χ0v) is 6.45. The lowest BCUT2D eigenvalue weighted by atomic mass is 10.3. The minimum Gasteiger partial charge on any atom is -0.390 e. The van der Waals surface area contributed by atoms with Gasteiger partial charge in [0.2, 0.25) is 0 Å². The minimum absolute atomic E-state index is 0.142. The lowest BCUT2D eigenvalue weighted by molar-refractivity contribution is -0.114. The first-order valence-corrected chi connectivity index (χ1v) is 3.28. The Morgan fingerprint density at radius 2 is 2.55 bits per heavy atom. The molecule has 5 heteroatoms. The first-order valence-electron chi connectivity index (χ1n) is 3.28. The summed E-state index contributed by atoms with van der Waals surface area (Å²) in [5.41, 5.74) is 5.10. The number of aliphatic hydroxyl groups is 1. The van der Waals surface area contributed by atoms with Crippen molar-refractivity contribution in [3.8, 4) is 0 Å². The quantitative estimate of drug-likeness (QED) is 0.420. The number of nitrogens with zero attached hydrogens (tertiary/aromatic N) is 1. The van der Waals surface area contributed by atoms with Gasteiger partial charge in [0.15, 0.2) is 0 Å². The molecule has 1 unspecified atom stereocenters. The molecule has 0 aromatic carbocycles. The molecule has 5 nitrogen and oxygen atoms in total. The molecule has 0 rings (SSSR count). The van der Waals surface area contributed by atoms with Crippen molar-refractivity contribution in [2.24, 2.45) is 10.7 Å². The van der Waals surface area contributed by atoms with Crippen LogP contribution in [0.5, 0.6) is 0 Å². The fraction of sp³-hybridized carbons (Fsp3) is 0.667. The van der Waals surface area contributed by atoms with Crippen molar-refractivity contribution in [2.75, 3.05) is 20.1 Å². The number of nitrogens with one attached hydrogen (secondary N) is 1. The van der Waals surface area contributed by atoms with Gasteiger partial charge in [-0.25, -0.2) is 0 Å². The second-order valence-electron chi connectivity index (χ2n) is 2.02. The molecule has 64 valence electrons. The molecule has 0 aromatic rings. The van der Waals surface area contributed by atoms with E-state index in [9.17, 15) is 4.79 Å². The Morgan fingerprint density at radius 3 is 3.00 bits per heavy atom. The van der Waals surface area contributed by atoms with Gasteiger partial charge in [-0.05, 0) is 0 Å². The molecule has 0 saturated heterocycles. The highest BCUT2D eigenvalue weighted by Gasteiger charge is 2.01. The highest BCUT2D eigenvalue weighted by Crippen LogP contribution is 1.73. The van der Waals surface area contributed by atoms with Crippen molar-refractivity contribution in [2.45, 2.75) is 6.10 Å². The van der Waals surface area contributed by atoms with Crippen LogP contribution in [0.1, 0.15) is 0 Å². The van der Waals surface area contributed by atoms with Crippen LogP contribution in [0.3, 0.4) is 0 Å². The van der Waals surface area contributed by atoms with E-state index < -0.39 is 6.10 Å². The van der Waals surface area contributed by atoms with Crippen LogP contribution in [0.25, 0.3) is 0 Å². The van der Waals surface area contributed by atoms with Crippen molar-refractivity contribution < 1.29 is 9.90 Å². The van der Waals surface area contributed by atoms with Crippen molar-refractivity contribution in [1.82, 2.24) is 5.32 Å². The molecule has 0 heterocycles. The molecule has 0 aliphatic carbocycles. The Bertz CT molecular complexity index is 147. The molecule has 1 amide bonds. The van der Waals surface area contributed by atoms with Crippen LogP contribution in [0.2, 0.25) is 0 Å². The Hall–Kier alpha value is -0.940. The van der Waals surface area contributed by atoms with E-state index in [0.717, 1.165) is 6.21 Å². The van der Waals surface area contributed by atoms with Crippen LogP contribution in [0.15, 0.2) is 4.99 Å². The standard InChI is InChI=1S/C6H13N3O2/c1-8-4-6(11)9-3-5(10)2-7/h4-5,10H,2-3,7H2,1H3,(H,9,11)/b8-4-. The zero-order valence-electron chi connectivity index (χ0n) is 6.45. The molecule has 0 saturated carbocycles. The van der Waals surface area contributed by atoms with E-state index in [1.165, 1.54) is 7.05 Å². The largest absolute Gasteiger partial charge is 0.390 e. The molecule has 11 heavy (non-hydrogen) atoms. The first-order chi connectivity index (χ1) is 5.20. The number of nitrogens with two attached hydrogens (primary N) is 1. The van der Waals surface area contributed by atoms with Crippen LogP contribution in [0.4, 0.5) is 0 Å². The Kier molecular flexibility index (Phi) is 5.32. The molecular weight excluding hydrogens is 146 g/mol. The van der Waals surface area contributed by atoms with E-state index in [0.29, 0.717) is 0 Å². The number of hydrogen-bond acceptors (Lipinski definition) is 4.